The lowest BCUT2D eigenvalue weighted by molar-refractivity contribution is -0.0163. The number of allylic oxidation sites excluding steroid dienone is 2. The molecule has 0 saturated heterocycles. The molecule has 1 nitrogen and oxygen atoms in total. The smallest absolute Gasteiger partial charge is 0.0456 e. The number of hydrogen-bond donors (Lipinski definition) is 1. The van der Waals surface area contributed by atoms with Crippen LogP contribution in [0.3, 0.4) is 0 Å². The van der Waals surface area contributed by atoms with Crippen LogP contribution in [-0.2, 0) is 0 Å². The maximum atomic E-state index is 9.47. The molecular weight excluding hydrogens is 292 g/mol. The summed E-state index contributed by atoms with van der Waals surface area (Å²) in [6.45, 7) is 12.7. The highest BCUT2D eigenvalue weighted by molar-refractivity contribution is 5.25. The number of aliphatic hydroxyl groups is 1. The summed E-state index contributed by atoms with van der Waals surface area (Å²) >= 11 is 0. The summed E-state index contributed by atoms with van der Waals surface area (Å²) in [5, 5.41) is 9.47. The predicted octanol–water partition coefficient (Wildman–Crippen LogP) is 6.22. The SMILES string of the molecule is CC(CO)CC(C)[C@@]1(C)CCC2C(=CCC3CCCC[C@@]32C)C1C. The summed E-state index contributed by atoms with van der Waals surface area (Å²) in [6, 6.07) is 0. The second kappa shape index (κ2) is 6.78. The Hall–Kier alpha value is -0.300. The average Bonchev–Trinajstić information content (AvgIpc) is 2.57. The number of hydrogen-bond acceptors (Lipinski definition) is 1. The van der Waals surface area contributed by atoms with Gasteiger partial charge in [0, 0.05) is 6.61 Å². The summed E-state index contributed by atoms with van der Waals surface area (Å²) in [6.07, 6.45) is 13.8. The van der Waals surface area contributed by atoms with Gasteiger partial charge in [-0.1, -0.05) is 59.1 Å². The van der Waals surface area contributed by atoms with Gasteiger partial charge in [-0.3, -0.25) is 0 Å². The van der Waals surface area contributed by atoms with Gasteiger partial charge < -0.3 is 5.11 Å². The van der Waals surface area contributed by atoms with Gasteiger partial charge in [0.2, 0.25) is 0 Å². The van der Waals surface area contributed by atoms with Crippen molar-refractivity contribution in [3.8, 4) is 0 Å². The Morgan fingerprint density at radius 1 is 1.17 bits per heavy atom. The molecule has 3 rings (SSSR count). The zero-order valence-electron chi connectivity index (χ0n) is 16.8. The van der Waals surface area contributed by atoms with Crippen LogP contribution < -0.4 is 0 Å². The number of aliphatic hydroxyl groups excluding tert-OH is 1. The largest absolute Gasteiger partial charge is 0.396 e. The predicted molar refractivity (Wildman–Crippen MR) is 103 cm³/mol. The normalized spacial score (nSPS) is 44.9. The molecule has 7 atom stereocenters. The third-order valence-corrected chi connectivity index (χ3v) is 8.94. The third kappa shape index (κ3) is 2.89. The Morgan fingerprint density at radius 3 is 2.62 bits per heavy atom. The van der Waals surface area contributed by atoms with Gasteiger partial charge in [-0.05, 0) is 78.9 Å². The zero-order valence-corrected chi connectivity index (χ0v) is 16.8. The van der Waals surface area contributed by atoms with Gasteiger partial charge in [0.1, 0.15) is 0 Å². The van der Waals surface area contributed by atoms with Gasteiger partial charge in [-0.15, -0.1) is 0 Å². The summed E-state index contributed by atoms with van der Waals surface area (Å²) in [4.78, 5) is 0. The molecule has 0 heterocycles. The fourth-order valence-electron chi connectivity index (χ4n) is 6.73. The van der Waals surface area contributed by atoms with Crippen LogP contribution in [0.5, 0.6) is 0 Å². The molecule has 0 aliphatic heterocycles. The van der Waals surface area contributed by atoms with E-state index in [2.05, 4.69) is 40.7 Å². The molecule has 1 heteroatoms. The Labute approximate surface area is 150 Å². The van der Waals surface area contributed by atoms with Crippen molar-refractivity contribution in [2.24, 2.45) is 40.4 Å². The van der Waals surface area contributed by atoms with Crippen molar-refractivity contribution in [2.75, 3.05) is 6.61 Å². The van der Waals surface area contributed by atoms with Crippen LogP contribution >= 0.6 is 0 Å². The summed E-state index contributed by atoms with van der Waals surface area (Å²) in [5.41, 5.74) is 2.80. The molecule has 0 spiro atoms. The standard InChI is InChI=1S/C23H40O/c1-16(15-24)14-17(2)22(4)13-11-21-20(18(22)3)10-9-19-8-6-7-12-23(19,21)5/h10,16-19,21,24H,6-9,11-15H2,1-5H3/t16?,17?,18?,19?,21?,22-,23+/m1/s1. The van der Waals surface area contributed by atoms with Gasteiger partial charge in [0.05, 0.1) is 0 Å². The van der Waals surface area contributed by atoms with E-state index in [9.17, 15) is 5.11 Å². The van der Waals surface area contributed by atoms with Crippen LogP contribution in [0.15, 0.2) is 11.6 Å². The molecule has 24 heavy (non-hydrogen) atoms. The fraction of sp³-hybridized carbons (Fsp3) is 0.913. The Bertz CT molecular complexity index is 480. The monoisotopic (exact) mass is 332 g/mol. The Morgan fingerprint density at radius 2 is 1.92 bits per heavy atom. The maximum Gasteiger partial charge on any atom is 0.0456 e. The number of fused-ring (bicyclic) bond motifs is 3. The van der Waals surface area contributed by atoms with Crippen molar-refractivity contribution in [1.29, 1.82) is 0 Å². The third-order valence-electron chi connectivity index (χ3n) is 8.94. The molecular formula is C23H40O. The van der Waals surface area contributed by atoms with Crippen LogP contribution in [0.1, 0.15) is 86.0 Å². The first-order valence-electron chi connectivity index (χ1n) is 10.6. The first-order chi connectivity index (χ1) is 11.3. The molecule has 3 aliphatic rings. The van der Waals surface area contributed by atoms with Gasteiger partial charge in [-0.25, -0.2) is 0 Å². The highest BCUT2D eigenvalue weighted by atomic mass is 16.3. The summed E-state index contributed by atoms with van der Waals surface area (Å²) < 4.78 is 0. The van der Waals surface area contributed by atoms with Crippen LogP contribution in [0.2, 0.25) is 0 Å². The van der Waals surface area contributed by atoms with Crippen molar-refractivity contribution < 1.29 is 5.11 Å². The molecule has 0 aromatic heterocycles. The van der Waals surface area contributed by atoms with E-state index in [-0.39, 0.29) is 0 Å². The van der Waals surface area contributed by atoms with E-state index in [0.29, 0.717) is 35.2 Å². The molecule has 2 saturated carbocycles. The maximum absolute atomic E-state index is 9.47. The highest BCUT2D eigenvalue weighted by Crippen LogP contribution is 2.62. The van der Waals surface area contributed by atoms with E-state index in [1.807, 2.05) is 5.57 Å². The first kappa shape index (κ1) is 18.5. The van der Waals surface area contributed by atoms with Gasteiger partial charge in [0.15, 0.2) is 0 Å². The van der Waals surface area contributed by atoms with Crippen LogP contribution in [0, 0.1) is 40.4 Å². The van der Waals surface area contributed by atoms with Gasteiger partial charge in [0.25, 0.3) is 0 Å². The average molecular weight is 333 g/mol. The second-order valence-electron chi connectivity index (χ2n) is 10.1. The first-order valence-corrected chi connectivity index (χ1v) is 10.6. The van der Waals surface area contributed by atoms with E-state index in [1.165, 1.54) is 44.9 Å². The van der Waals surface area contributed by atoms with E-state index in [1.54, 1.807) is 0 Å². The second-order valence-corrected chi connectivity index (χ2v) is 10.1. The molecule has 5 unspecified atom stereocenters. The van der Waals surface area contributed by atoms with Crippen molar-refractivity contribution >= 4 is 0 Å². The highest BCUT2D eigenvalue weighted by Gasteiger charge is 2.52. The van der Waals surface area contributed by atoms with E-state index in [0.717, 1.165) is 18.3 Å². The lowest BCUT2D eigenvalue weighted by Gasteiger charge is -2.58. The van der Waals surface area contributed by atoms with Gasteiger partial charge >= 0.3 is 0 Å². The zero-order chi connectivity index (χ0) is 17.5. The molecule has 0 bridgehead atoms. The van der Waals surface area contributed by atoms with Crippen LogP contribution in [-0.4, -0.2) is 11.7 Å². The molecule has 3 aliphatic carbocycles. The molecule has 0 radical (unpaired) electrons. The summed E-state index contributed by atoms with van der Waals surface area (Å²) in [5.74, 6) is 3.62. The van der Waals surface area contributed by atoms with E-state index in [4.69, 9.17) is 0 Å². The minimum absolute atomic E-state index is 0.333. The van der Waals surface area contributed by atoms with E-state index < -0.39 is 0 Å². The molecule has 138 valence electrons. The minimum Gasteiger partial charge on any atom is -0.396 e. The van der Waals surface area contributed by atoms with Crippen molar-refractivity contribution in [3.05, 3.63) is 11.6 Å². The van der Waals surface area contributed by atoms with Crippen molar-refractivity contribution in [3.63, 3.8) is 0 Å². The lowest BCUT2D eigenvalue weighted by Crippen LogP contribution is -2.49. The van der Waals surface area contributed by atoms with E-state index >= 15 is 0 Å². The molecule has 0 aromatic carbocycles. The summed E-state index contributed by atoms with van der Waals surface area (Å²) in [7, 11) is 0. The van der Waals surface area contributed by atoms with Crippen LogP contribution in [0.25, 0.3) is 0 Å². The van der Waals surface area contributed by atoms with Crippen LogP contribution in [0.4, 0.5) is 0 Å². The lowest BCUT2D eigenvalue weighted by atomic mass is 9.47. The quantitative estimate of drug-likeness (QED) is 0.606. The van der Waals surface area contributed by atoms with Crippen molar-refractivity contribution in [1.82, 2.24) is 0 Å². The molecule has 1 N–H and O–H groups in total. The Balaban J connectivity index is 1.82. The molecule has 2 fully saturated rings. The molecule has 0 amide bonds. The van der Waals surface area contributed by atoms with Gasteiger partial charge in [-0.2, -0.15) is 0 Å². The molecule has 0 aromatic rings. The topological polar surface area (TPSA) is 20.2 Å². The van der Waals surface area contributed by atoms with Crippen molar-refractivity contribution in [2.45, 2.75) is 86.0 Å². The Kier molecular flexibility index (Phi) is 5.23. The number of rotatable bonds is 4. The minimum atomic E-state index is 0.333. The fourth-order valence-corrected chi connectivity index (χ4v) is 6.73.